The fourth-order valence-electron chi connectivity index (χ4n) is 7.34. The van der Waals surface area contributed by atoms with Crippen LogP contribution < -0.4 is 16.2 Å². The van der Waals surface area contributed by atoms with Gasteiger partial charge in [-0.1, -0.05) is 36.4 Å². The van der Waals surface area contributed by atoms with E-state index in [-0.39, 0.29) is 34.7 Å². The molecule has 12 heteroatoms. The third kappa shape index (κ3) is 5.31. The lowest BCUT2D eigenvalue weighted by molar-refractivity contribution is -0.137. The van der Waals surface area contributed by atoms with Gasteiger partial charge in [0, 0.05) is 35.1 Å². The van der Waals surface area contributed by atoms with Gasteiger partial charge in [0.2, 0.25) is 0 Å². The zero-order valence-electron chi connectivity index (χ0n) is 26.8. The number of carboxylic acid groups (broad SMARTS) is 3. The summed E-state index contributed by atoms with van der Waals surface area (Å²) in [5.41, 5.74) is 12.6. The molecule has 0 aromatic carbocycles. The van der Waals surface area contributed by atoms with Gasteiger partial charge in [0.05, 0.1) is 51.2 Å². The minimum atomic E-state index is -1.19. The number of nitrogens with one attached hydrogen (secondary N) is 1. The summed E-state index contributed by atoms with van der Waals surface area (Å²) in [6.07, 6.45) is 8.95. The Hall–Kier alpha value is -4.46. The van der Waals surface area contributed by atoms with E-state index in [1.807, 2.05) is 53.8 Å². The lowest BCUT2D eigenvalue weighted by Gasteiger charge is -2.20. The van der Waals surface area contributed by atoms with Crippen LogP contribution in [-0.4, -0.2) is 54.0 Å². The maximum atomic E-state index is 13.2. The number of carboxylic acids is 3. The van der Waals surface area contributed by atoms with Crippen molar-refractivity contribution in [3.05, 3.63) is 71.0 Å². The summed E-state index contributed by atoms with van der Waals surface area (Å²) in [4.78, 5) is 47.3. The highest BCUT2D eigenvalue weighted by molar-refractivity contribution is 14.1. The number of nitrogens with zero attached hydrogens (tertiary/aromatic N) is 4. The maximum absolute atomic E-state index is 13.2. The molecule has 0 saturated carbocycles. The number of allylic oxidation sites excluding steroid dienone is 3. The summed E-state index contributed by atoms with van der Waals surface area (Å²) in [5.74, 6) is -3.75. The molecule has 47 heavy (non-hydrogen) atoms. The van der Waals surface area contributed by atoms with Crippen LogP contribution in [0.25, 0.3) is 29.9 Å². The predicted molar refractivity (Wildman–Crippen MR) is 190 cm³/mol. The van der Waals surface area contributed by atoms with Gasteiger partial charge in [-0.25, -0.2) is 24.7 Å². The number of hydrogen-bond acceptors (Lipinski definition) is 6. The first kappa shape index (κ1) is 32.5. The third-order valence-corrected chi connectivity index (χ3v) is 10.1. The highest BCUT2D eigenvalue weighted by Crippen LogP contribution is 2.40. The minimum absolute atomic E-state index is 0.0261. The van der Waals surface area contributed by atoms with Crippen molar-refractivity contribution >= 4 is 81.8 Å². The van der Waals surface area contributed by atoms with Crippen LogP contribution in [0.4, 0.5) is 0 Å². The molecule has 11 nitrogen and oxygen atoms in total. The SMILES string of the molecule is CCC1=C(C)/C2=C/c3c(/C=C/I)c(C)c4n3Nn3/c(c(C)c(C(=O)O)/c3=C(\CC(=O)O)C3=N/C(=C\4)[C@@H](C)[C@@H]3CCCC(=O)O)=C\C1=N2. The third-order valence-electron chi connectivity index (χ3n) is 9.72. The standard InChI is InChI=1S/C35H36IN5O6/c1-6-20-16(2)24-14-29-21(10-11-36)18(4)27-13-25-17(3)22(8-7-9-30(42)43)33(38-25)23(12-31(44)45)34-32(35(46)47)19(5)28(15-26(20)37-24)41(34)39-40(27)29/h10-11,13-15,17,22,39H,6-9,12H2,1-5H3,(H,42,43)(H,44,45)(H,46,47)/b11-10+,24-14-,25-13-,26-15?,27-13?,28-15-,29-14?,33-23?,34-23-/t17-,22-/m0/s1. The summed E-state index contributed by atoms with van der Waals surface area (Å²) in [6.45, 7) is 9.88. The Bertz CT molecular complexity index is 2100. The first-order valence-corrected chi connectivity index (χ1v) is 16.9. The second kappa shape index (κ2) is 12.3. The van der Waals surface area contributed by atoms with E-state index in [9.17, 15) is 29.7 Å². The number of aliphatic imine (C=N–C) groups is 2. The van der Waals surface area contributed by atoms with Crippen LogP contribution >= 0.6 is 22.6 Å². The summed E-state index contributed by atoms with van der Waals surface area (Å²) < 4.78 is 5.53. The summed E-state index contributed by atoms with van der Waals surface area (Å²) >= 11 is 2.19. The smallest absolute Gasteiger partial charge is 0.338 e. The van der Waals surface area contributed by atoms with Crippen LogP contribution in [0.1, 0.15) is 91.3 Å². The molecule has 6 heterocycles. The Morgan fingerprint density at radius 3 is 2.36 bits per heavy atom. The predicted octanol–water partition coefficient (Wildman–Crippen LogP) is 5.27. The molecule has 0 spiro atoms. The zero-order chi connectivity index (χ0) is 33.9. The summed E-state index contributed by atoms with van der Waals surface area (Å²) in [5, 5.41) is 31.1. The molecule has 2 atom stereocenters. The second-order valence-electron chi connectivity index (χ2n) is 12.3. The maximum Gasteiger partial charge on any atom is 0.338 e. The molecule has 4 N–H and O–H groups in total. The largest absolute Gasteiger partial charge is 0.481 e. The van der Waals surface area contributed by atoms with Crippen molar-refractivity contribution in [2.75, 3.05) is 5.53 Å². The zero-order valence-corrected chi connectivity index (χ0v) is 29.0. The van der Waals surface area contributed by atoms with Crippen LogP contribution in [0.15, 0.2) is 36.6 Å². The molecule has 6 bridgehead atoms. The molecule has 0 amide bonds. The van der Waals surface area contributed by atoms with E-state index < -0.39 is 24.3 Å². The summed E-state index contributed by atoms with van der Waals surface area (Å²) in [7, 11) is 0. The molecule has 4 aliphatic rings. The fraction of sp³-hybridized carbons (Fsp3) is 0.343. The van der Waals surface area contributed by atoms with Gasteiger partial charge in [-0.05, 0) is 90.7 Å². The van der Waals surface area contributed by atoms with Gasteiger partial charge in [-0.15, -0.1) is 0 Å². The van der Waals surface area contributed by atoms with Crippen LogP contribution in [0.2, 0.25) is 0 Å². The average Bonchev–Trinajstić information content (AvgIpc) is 3.64. The van der Waals surface area contributed by atoms with E-state index in [2.05, 4.69) is 35.0 Å². The molecule has 0 radical (unpaired) electrons. The van der Waals surface area contributed by atoms with Gasteiger partial charge in [-0.3, -0.25) is 14.6 Å². The molecular formula is C35H36IN5O6. The number of aromatic nitrogens is 2. The van der Waals surface area contributed by atoms with Crippen LogP contribution in [0.5, 0.6) is 0 Å². The van der Waals surface area contributed by atoms with Gasteiger partial charge in [0.25, 0.3) is 0 Å². The molecule has 2 aromatic heterocycles. The van der Waals surface area contributed by atoms with Crippen molar-refractivity contribution < 1.29 is 29.7 Å². The van der Waals surface area contributed by atoms with Crippen molar-refractivity contribution in [2.45, 2.75) is 66.7 Å². The van der Waals surface area contributed by atoms with Gasteiger partial charge in [-0.2, -0.15) is 0 Å². The van der Waals surface area contributed by atoms with Crippen molar-refractivity contribution in [3.8, 4) is 0 Å². The number of aromatic carboxylic acids is 1. The number of fused-ring (bicyclic) bond motifs is 2. The van der Waals surface area contributed by atoms with E-state index in [0.717, 1.165) is 45.1 Å². The Morgan fingerprint density at radius 2 is 1.72 bits per heavy atom. The molecular weight excluding hydrogens is 713 g/mol. The Morgan fingerprint density at radius 1 is 0.979 bits per heavy atom. The first-order valence-electron chi connectivity index (χ1n) is 15.6. The number of hydrogen-bond donors (Lipinski definition) is 4. The lowest BCUT2D eigenvalue weighted by Crippen LogP contribution is -2.42. The van der Waals surface area contributed by atoms with Crippen LogP contribution in [0, 0.1) is 25.7 Å². The highest BCUT2D eigenvalue weighted by atomic mass is 127. The van der Waals surface area contributed by atoms with Gasteiger partial charge in [0.15, 0.2) is 0 Å². The van der Waals surface area contributed by atoms with Crippen LogP contribution in [0.3, 0.4) is 0 Å². The number of aliphatic carboxylic acids is 2. The normalized spacial score (nSPS) is 23.7. The van der Waals surface area contributed by atoms with Crippen molar-refractivity contribution in [2.24, 2.45) is 21.8 Å². The van der Waals surface area contributed by atoms with Crippen LogP contribution in [-0.2, 0) is 9.59 Å². The molecule has 0 fully saturated rings. The molecule has 0 unspecified atom stereocenters. The average molecular weight is 750 g/mol. The molecule has 244 valence electrons. The molecule has 0 aliphatic carbocycles. The topological polar surface area (TPSA) is 159 Å². The lowest BCUT2D eigenvalue weighted by atomic mass is 9.82. The second-order valence-corrected chi connectivity index (χ2v) is 13.1. The molecule has 6 rings (SSSR count). The van der Waals surface area contributed by atoms with Crippen molar-refractivity contribution in [3.63, 3.8) is 0 Å². The first-order chi connectivity index (χ1) is 22.4. The number of halogens is 1. The van der Waals surface area contributed by atoms with E-state index in [1.54, 1.807) is 11.6 Å². The Kier molecular flexibility index (Phi) is 8.49. The minimum Gasteiger partial charge on any atom is -0.481 e. The fourth-order valence-corrected chi connectivity index (χ4v) is 7.70. The Balaban J connectivity index is 1.85. The van der Waals surface area contributed by atoms with Crippen molar-refractivity contribution in [1.82, 2.24) is 9.35 Å². The van der Waals surface area contributed by atoms with E-state index in [4.69, 9.17) is 9.98 Å². The highest BCUT2D eigenvalue weighted by Gasteiger charge is 2.38. The van der Waals surface area contributed by atoms with E-state index in [0.29, 0.717) is 41.6 Å². The number of rotatable bonds is 9. The van der Waals surface area contributed by atoms with E-state index in [1.165, 1.54) is 0 Å². The van der Waals surface area contributed by atoms with Gasteiger partial charge >= 0.3 is 17.9 Å². The Labute approximate surface area is 284 Å². The summed E-state index contributed by atoms with van der Waals surface area (Å²) in [6, 6.07) is 0. The quantitative estimate of drug-likeness (QED) is 0.254. The van der Waals surface area contributed by atoms with Gasteiger partial charge in [0.1, 0.15) is 0 Å². The van der Waals surface area contributed by atoms with Crippen molar-refractivity contribution in [1.29, 1.82) is 0 Å². The number of carbonyl (C=O) groups is 3. The molecule has 2 aromatic rings. The monoisotopic (exact) mass is 749 g/mol. The molecule has 0 saturated heterocycles. The molecule has 4 aliphatic heterocycles. The van der Waals surface area contributed by atoms with E-state index >= 15 is 0 Å². The van der Waals surface area contributed by atoms with Gasteiger partial charge < -0.3 is 15.3 Å².